The van der Waals surface area contributed by atoms with E-state index in [2.05, 4.69) is 165 Å². The summed E-state index contributed by atoms with van der Waals surface area (Å²) in [6, 6.07) is 48.8. The first-order chi connectivity index (χ1) is 21.3. The normalized spacial score (nSPS) is 14.3. The third-order valence-corrected chi connectivity index (χ3v) is 13.9. The minimum Gasteiger partial charge on any atom is -1.00 e. The number of halogens is 2. The van der Waals surface area contributed by atoms with Gasteiger partial charge in [-0.05, 0) is 62.6 Å². The van der Waals surface area contributed by atoms with Crippen molar-refractivity contribution in [2.75, 3.05) is 6.61 Å². The summed E-state index contributed by atoms with van der Waals surface area (Å²) < 4.78 is 7.50. The number of benzene rings is 5. The Morgan fingerprint density at radius 3 is 1.67 bits per heavy atom. The van der Waals surface area contributed by atoms with Crippen LogP contribution in [0, 0.1) is 5.92 Å². The van der Waals surface area contributed by atoms with Crippen molar-refractivity contribution in [2.45, 2.75) is 31.6 Å². The first-order valence-electron chi connectivity index (χ1n) is 15.6. The molecule has 5 aromatic carbocycles. The fraction of sp³-hybridized carbons (Fsp3) is 0.171. The van der Waals surface area contributed by atoms with E-state index in [1.54, 1.807) is 0 Å². The van der Waals surface area contributed by atoms with Crippen LogP contribution in [-0.2, 0) is 42.5 Å². The Bertz CT molecular complexity index is 1670. The Morgan fingerprint density at radius 2 is 1.13 bits per heavy atom. The monoisotopic (exact) mass is 734 g/mol. The molecule has 7 rings (SSSR count). The maximum Gasteiger partial charge on any atom is 2.00 e. The molecule has 0 bridgehead atoms. The van der Waals surface area contributed by atoms with E-state index in [0.717, 1.165) is 19.3 Å². The maximum atomic E-state index is 7.50. The van der Waals surface area contributed by atoms with E-state index in [1.807, 2.05) is 0 Å². The van der Waals surface area contributed by atoms with Crippen molar-refractivity contribution in [3.63, 3.8) is 0 Å². The molecule has 0 heterocycles. The minimum absolute atomic E-state index is 0. The second kappa shape index (κ2) is 15.9. The smallest absolute Gasteiger partial charge is 1.00 e. The van der Waals surface area contributed by atoms with Gasteiger partial charge < -0.3 is 29.2 Å². The van der Waals surface area contributed by atoms with Crippen LogP contribution in [0.5, 0.6) is 0 Å². The first kappa shape index (κ1) is 36.1. The molecule has 5 aromatic rings. The predicted molar refractivity (Wildman–Crippen MR) is 183 cm³/mol. The van der Waals surface area contributed by atoms with Gasteiger partial charge in [0.2, 0.25) is 0 Å². The van der Waals surface area contributed by atoms with E-state index in [0.29, 0.717) is 12.5 Å². The molecule has 230 valence electrons. The average molecular weight is 737 g/mol. The average Bonchev–Trinajstić information content (AvgIpc) is 3.76. The SMILES string of the molecule is CCC(CCO[Si](c1ccccc1)(c1ccccc1)c1ccccc1)(c1cccc2c1Cc1ccccc1-2)C1C=CC=C1.[Cl-].[Cl-].[Zr+2]. The van der Waals surface area contributed by atoms with Gasteiger partial charge in [-0.2, -0.15) is 0 Å². The fourth-order valence-electron chi connectivity index (χ4n) is 7.66. The largest absolute Gasteiger partial charge is 2.00 e. The second-order valence-electron chi connectivity index (χ2n) is 11.8. The molecule has 0 radical (unpaired) electrons. The molecule has 0 saturated carbocycles. The fourth-order valence-corrected chi connectivity index (χ4v) is 11.6. The Hall–Kier alpha value is -2.78. The third-order valence-electron chi connectivity index (χ3n) is 9.81. The van der Waals surface area contributed by atoms with Crippen LogP contribution in [0.4, 0.5) is 0 Å². The van der Waals surface area contributed by atoms with E-state index in [1.165, 1.54) is 43.4 Å². The van der Waals surface area contributed by atoms with Crippen LogP contribution in [0.3, 0.4) is 0 Å². The summed E-state index contributed by atoms with van der Waals surface area (Å²) in [6.45, 7) is 3.05. The van der Waals surface area contributed by atoms with Crippen molar-refractivity contribution in [1.29, 1.82) is 0 Å². The summed E-state index contributed by atoms with van der Waals surface area (Å²) in [5.41, 5.74) is 7.14. The van der Waals surface area contributed by atoms with Gasteiger partial charge in [-0.15, -0.1) is 0 Å². The van der Waals surface area contributed by atoms with Gasteiger partial charge in [0.1, 0.15) is 0 Å². The van der Waals surface area contributed by atoms with Crippen LogP contribution < -0.4 is 40.4 Å². The van der Waals surface area contributed by atoms with E-state index < -0.39 is 8.32 Å². The standard InChI is InChI=1S/C41H38OSi.2ClH.Zr/c1-2-41(33-18-13-14-19-33,40-28-16-27-38-37-26-15-12-17-32(37)31-39(38)40)29-30-42-43(34-20-6-3-7-21-34,35-22-8-4-9-23-35)36-24-10-5-11-25-36;;;/h3-28,33H,2,29-31H2,1H3;2*1H;/q;;;+2/p-2. The van der Waals surface area contributed by atoms with Crippen LogP contribution in [-0.4, -0.2) is 14.9 Å². The number of hydrogen-bond acceptors (Lipinski definition) is 1. The molecule has 1 atom stereocenters. The molecule has 0 aromatic heterocycles. The molecule has 2 aliphatic carbocycles. The molecular formula is C41H38Cl2OSiZr. The van der Waals surface area contributed by atoms with Crippen molar-refractivity contribution in [3.05, 3.63) is 174 Å². The summed E-state index contributed by atoms with van der Waals surface area (Å²) >= 11 is 0. The third kappa shape index (κ3) is 6.38. The van der Waals surface area contributed by atoms with Gasteiger partial charge in [0.05, 0.1) is 0 Å². The quantitative estimate of drug-likeness (QED) is 0.154. The molecule has 5 heteroatoms. The number of fused-ring (bicyclic) bond motifs is 3. The summed E-state index contributed by atoms with van der Waals surface area (Å²) in [7, 11) is -2.79. The zero-order valence-corrected chi connectivity index (χ0v) is 31.1. The Labute approximate surface area is 306 Å². The number of rotatable bonds is 10. The molecule has 0 N–H and O–H groups in total. The maximum absolute atomic E-state index is 7.50. The minimum atomic E-state index is -2.79. The molecule has 46 heavy (non-hydrogen) atoms. The molecule has 1 unspecified atom stereocenters. The van der Waals surface area contributed by atoms with Gasteiger partial charge in [-0.1, -0.05) is 165 Å². The van der Waals surface area contributed by atoms with Gasteiger partial charge in [0.15, 0.2) is 0 Å². The van der Waals surface area contributed by atoms with Gasteiger partial charge in [0.25, 0.3) is 8.32 Å². The van der Waals surface area contributed by atoms with Crippen molar-refractivity contribution in [1.82, 2.24) is 0 Å². The first-order valence-corrected chi connectivity index (χ1v) is 17.5. The molecule has 0 aliphatic heterocycles. The Kier molecular flexibility index (Phi) is 12.4. The van der Waals surface area contributed by atoms with Crippen LogP contribution in [0.15, 0.2) is 158 Å². The molecular weight excluding hydrogens is 699 g/mol. The number of allylic oxidation sites excluding steroid dienone is 4. The summed E-state index contributed by atoms with van der Waals surface area (Å²) in [6.07, 6.45) is 12.2. The van der Waals surface area contributed by atoms with Crippen LogP contribution in [0.1, 0.15) is 36.5 Å². The van der Waals surface area contributed by atoms with Crippen molar-refractivity contribution in [2.24, 2.45) is 5.92 Å². The van der Waals surface area contributed by atoms with Crippen LogP contribution in [0.25, 0.3) is 11.1 Å². The Balaban J connectivity index is 0.00000160. The van der Waals surface area contributed by atoms with Crippen LogP contribution >= 0.6 is 0 Å². The Morgan fingerprint density at radius 1 is 0.630 bits per heavy atom. The van der Waals surface area contributed by atoms with E-state index >= 15 is 0 Å². The van der Waals surface area contributed by atoms with Gasteiger partial charge in [-0.25, -0.2) is 0 Å². The molecule has 0 amide bonds. The molecule has 0 saturated heterocycles. The van der Waals surface area contributed by atoms with Gasteiger partial charge in [0, 0.05) is 17.9 Å². The summed E-state index contributed by atoms with van der Waals surface area (Å²) in [5, 5.41) is 3.85. The van der Waals surface area contributed by atoms with Crippen molar-refractivity contribution >= 4 is 23.9 Å². The summed E-state index contributed by atoms with van der Waals surface area (Å²) in [4.78, 5) is 0. The van der Waals surface area contributed by atoms with E-state index in [4.69, 9.17) is 4.43 Å². The van der Waals surface area contributed by atoms with E-state index in [9.17, 15) is 0 Å². The van der Waals surface area contributed by atoms with Gasteiger partial charge in [-0.3, -0.25) is 0 Å². The predicted octanol–water partition coefficient (Wildman–Crippen LogP) is 1.73. The zero-order chi connectivity index (χ0) is 29.1. The molecule has 1 nitrogen and oxygen atoms in total. The van der Waals surface area contributed by atoms with Crippen molar-refractivity contribution < 1.29 is 55.4 Å². The van der Waals surface area contributed by atoms with Crippen LogP contribution in [0.2, 0.25) is 0 Å². The number of hydrogen-bond donors (Lipinski definition) is 0. The zero-order valence-electron chi connectivity index (χ0n) is 26.1. The van der Waals surface area contributed by atoms with Gasteiger partial charge >= 0.3 is 26.2 Å². The van der Waals surface area contributed by atoms with E-state index in [-0.39, 0.29) is 56.4 Å². The summed E-state index contributed by atoms with van der Waals surface area (Å²) in [5.74, 6) is 0.331. The molecule has 2 aliphatic rings. The molecule has 0 spiro atoms. The second-order valence-corrected chi connectivity index (χ2v) is 15.2. The molecule has 0 fully saturated rings. The topological polar surface area (TPSA) is 9.23 Å². The van der Waals surface area contributed by atoms with Crippen molar-refractivity contribution in [3.8, 4) is 11.1 Å².